The minimum Gasteiger partial charge on any atom is -0.386 e. The SMILES string of the molecule is CCCC1(O)CN(c2c(N)n(CCOC)c(=O)[nH]c2=O)C1. The summed E-state index contributed by atoms with van der Waals surface area (Å²) in [7, 11) is 1.52. The molecule has 1 aromatic rings. The highest BCUT2D eigenvalue weighted by atomic mass is 16.5. The van der Waals surface area contributed by atoms with Crippen molar-refractivity contribution in [1.29, 1.82) is 0 Å². The molecule has 8 heteroatoms. The average molecular weight is 298 g/mol. The number of nitrogens with two attached hydrogens (primary N) is 1. The zero-order valence-corrected chi connectivity index (χ0v) is 12.4. The van der Waals surface area contributed by atoms with E-state index in [1.807, 2.05) is 6.92 Å². The number of H-pyrrole nitrogens is 1. The molecule has 1 aliphatic rings. The molecule has 1 saturated heterocycles. The molecule has 21 heavy (non-hydrogen) atoms. The molecule has 0 spiro atoms. The molecule has 0 atom stereocenters. The third-order valence-corrected chi connectivity index (χ3v) is 3.74. The summed E-state index contributed by atoms with van der Waals surface area (Å²) < 4.78 is 6.21. The van der Waals surface area contributed by atoms with Gasteiger partial charge in [-0.25, -0.2) is 4.79 Å². The number of nitrogens with zero attached hydrogens (tertiary/aromatic N) is 2. The van der Waals surface area contributed by atoms with Gasteiger partial charge in [-0.05, 0) is 6.42 Å². The fourth-order valence-electron chi connectivity index (χ4n) is 2.73. The van der Waals surface area contributed by atoms with Crippen LogP contribution in [0.3, 0.4) is 0 Å². The number of hydrogen-bond donors (Lipinski definition) is 3. The molecule has 0 aromatic carbocycles. The van der Waals surface area contributed by atoms with Crippen LogP contribution in [0.5, 0.6) is 0 Å². The first-order chi connectivity index (χ1) is 9.91. The van der Waals surface area contributed by atoms with Crippen LogP contribution >= 0.6 is 0 Å². The summed E-state index contributed by atoms with van der Waals surface area (Å²) in [6.45, 7) is 3.26. The number of anilines is 2. The molecule has 118 valence electrons. The molecular formula is C13H22N4O4. The van der Waals surface area contributed by atoms with Crippen LogP contribution in [0.1, 0.15) is 19.8 Å². The normalized spacial score (nSPS) is 16.8. The molecule has 0 radical (unpaired) electrons. The largest absolute Gasteiger partial charge is 0.386 e. The number of nitrogens with one attached hydrogen (secondary N) is 1. The maximum Gasteiger partial charge on any atom is 0.330 e. The molecule has 4 N–H and O–H groups in total. The Kier molecular flexibility index (Phi) is 4.38. The minimum atomic E-state index is -0.777. The Hall–Kier alpha value is -1.80. The van der Waals surface area contributed by atoms with Crippen molar-refractivity contribution in [3.05, 3.63) is 20.8 Å². The van der Waals surface area contributed by atoms with Gasteiger partial charge in [-0.15, -0.1) is 0 Å². The number of aromatic amines is 1. The first-order valence-corrected chi connectivity index (χ1v) is 7.00. The molecule has 0 aliphatic carbocycles. The number of nitrogen functional groups attached to an aromatic ring is 1. The first kappa shape index (κ1) is 15.6. The second-order valence-corrected chi connectivity index (χ2v) is 5.47. The fourth-order valence-corrected chi connectivity index (χ4v) is 2.73. The van der Waals surface area contributed by atoms with Crippen molar-refractivity contribution in [1.82, 2.24) is 9.55 Å². The van der Waals surface area contributed by atoms with Gasteiger partial charge in [0, 0.05) is 20.2 Å². The van der Waals surface area contributed by atoms with E-state index >= 15 is 0 Å². The Morgan fingerprint density at radius 2 is 2.10 bits per heavy atom. The quantitative estimate of drug-likeness (QED) is 0.628. The van der Waals surface area contributed by atoms with Gasteiger partial charge >= 0.3 is 5.69 Å². The highest BCUT2D eigenvalue weighted by Crippen LogP contribution is 2.31. The zero-order chi connectivity index (χ0) is 15.6. The first-order valence-electron chi connectivity index (χ1n) is 7.00. The lowest BCUT2D eigenvalue weighted by atomic mass is 9.89. The van der Waals surface area contributed by atoms with Crippen LogP contribution in [-0.4, -0.2) is 47.1 Å². The third kappa shape index (κ3) is 2.96. The van der Waals surface area contributed by atoms with Gasteiger partial charge < -0.3 is 20.5 Å². The van der Waals surface area contributed by atoms with Crippen molar-refractivity contribution in [2.24, 2.45) is 0 Å². The Balaban J connectivity index is 2.29. The maximum absolute atomic E-state index is 12.0. The summed E-state index contributed by atoms with van der Waals surface area (Å²) in [5.74, 6) is 0.111. The van der Waals surface area contributed by atoms with Crippen molar-refractivity contribution in [3.63, 3.8) is 0 Å². The Morgan fingerprint density at radius 1 is 1.43 bits per heavy atom. The summed E-state index contributed by atoms with van der Waals surface area (Å²) in [6.07, 6.45) is 1.54. The van der Waals surface area contributed by atoms with Crippen LogP contribution in [0.2, 0.25) is 0 Å². The molecule has 0 unspecified atom stereocenters. The highest BCUT2D eigenvalue weighted by Gasteiger charge is 2.42. The van der Waals surface area contributed by atoms with Crippen LogP contribution in [0.4, 0.5) is 11.5 Å². The van der Waals surface area contributed by atoms with Gasteiger partial charge in [0.25, 0.3) is 5.56 Å². The smallest absolute Gasteiger partial charge is 0.330 e. The van der Waals surface area contributed by atoms with E-state index in [4.69, 9.17) is 10.5 Å². The van der Waals surface area contributed by atoms with E-state index in [0.29, 0.717) is 26.1 Å². The monoisotopic (exact) mass is 298 g/mol. The second kappa shape index (κ2) is 5.90. The van der Waals surface area contributed by atoms with E-state index in [0.717, 1.165) is 6.42 Å². The molecule has 1 aliphatic heterocycles. The molecule has 0 bridgehead atoms. The van der Waals surface area contributed by atoms with Crippen molar-refractivity contribution < 1.29 is 9.84 Å². The van der Waals surface area contributed by atoms with Crippen molar-refractivity contribution in [3.8, 4) is 0 Å². The van der Waals surface area contributed by atoms with E-state index in [-0.39, 0.29) is 18.1 Å². The number of aliphatic hydroxyl groups is 1. The van der Waals surface area contributed by atoms with E-state index in [1.165, 1.54) is 11.7 Å². The number of rotatable bonds is 6. The number of aromatic nitrogens is 2. The zero-order valence-electron chi connectivity index (χ0n) is 12.4. The molecule has 8 nitrogen and oxygen atoms in total. The topological polar surface area (TPSA) is 114 Å². The van der Waals surface area contributed by atoms with Crippen molar-refractivity contribution in [2.45, 2.75) is 31.9 Å². The predicted molar refractivity (Wildman–Crippen MR) is 79.7 cm³/mol. The lowest BCUT2D eigenvalue weighted by Gasteiger charge is -2.47. The van der Waals surface area contributed by atoms with Gasteiger partial charge in [-0.2, -0.15) is 0 Å². The Bertz CT molecular complexity index is 616. The van der Waals surface area contributed by atoms with E-state index < -0.39 is 16.9 Å². The van der Waals surface area contributed by atoms with Crippen LogP contribution in [0.25, 0.3) is 0 Å². The van der Waals surface area contributed by atoms with Crippen LogP contribution in [0.15, 0.2) is 9.59 Å². The standard InChI is InChI=1S/C13H22N4O4/c1-3-4-13(20)7-16(8-13)9-10(14)17(5-6-21-2)12(19)15-11(9)18/h20H,3-8,14H2,1-2H3,(H,15,18,19). The number of ether oxygens (including phenoxy) is 1. The molecular weight excluding hydrogens is 276 g/mol. The summed E-state index contributed by atoms with van der Waals surface area (Å²) in [6, 6.07) is 0. The summed E-state index contributed by atoms with van der Waals surface area (Å²) in [5, 5.41) is 10.2. The van der Waals surface area contributed by atoms with E-state index in [2.05, 4.69) is 4.98 Å². The lowest BCUT2D eigenvalue weighted by molar-refractivity contribution is 0.00327. The Morgan fingerprint density at radius 3 is 2.67 bits per heavy atom. The molecule has 2 rings (SSSR count). The third-order valence-electron chi connectivity index (χ3n) is 3.74. The summed E-state index contributed by atoms with van der Waals surface area (Å²) in [5.41, 5.74) is 4.35. The number of methoxy groups -OCH3 is 1. The van der Waals surface area contributed by atoms with Gasteiger partial charge in [0.1, 0.15) is 11.5 Å². The summed E-state index contributed by atoms with van der Waals surface area (Å²) in [4.78, 5) is 27.7. The van der Waals surface area contributed by atoms with Crippen LogP contribution in [-0.2, 0) is 11.3 Å². The highest BCUT2D eigenvalue weighted by molar-refractivity contribution is 5.64. The fraction of sp³-hybridized carbons (Fsp3) is 0.692. The lowest BCUT2D eigenvalue weighted by Crippen LogP contribution is -2.63. The van der Waals surface area contributed by atoms with Crippen molar-refractivity contribution in [2.75, 3.05) is 37.4 Å². The Labute approximate surface area is 122 Å². The van der Waals surface area contributed by atoms with E-state index in [1.54, 1.807) is 4.90 Å². The van der Waals surface area contributed by atoms with Gasteiger partial charge in [0.2, 0.25) is 0 Å². The summed E-state index contributed by atoms with van der Waals surface area (Å²) >= 11 is 0. The molecule has 2 heterocycles. The molecule has 0 amide bonds. The number of β-amino-alcohol motifs (C(OH)–C–C–N with tert-alkyl or cyclic N) is 1. The molecule has 1 fully saturated rings. The molecule has 0 saturated carbocycles. The van der Waals surface area contributed by atoms with Gasteiger partial charge in [-0.1, -0.05) is 13.3 Å². The maximum atomic E-state index is 12.0. The van der Waals surface area contributed by atoms with Gasteiger partial charge in [-0.3, -0.25) is 14.3 Å². The van der Waals surface area contributed by atoms with Crippen LogP contribution < -0.4 is 21.9 Å². The van der Waals surface area contributed by atoms with Gasteiger partial charge in [0.05, 0.1) is 18.8 Å². The average Bonchev–Trinajstić information content (AvgIpc) is 2.36. The predicted octanol–water partition coefficient (Wildman–Crippen LogP) is -0.884. The van der Waals surface area contributed by atoms with Gasteiger partial charge in [0.15, 0.2) is 0 Å². The van der Waals surface area contributed by atoms with Crippen LogP contribution in [0, 0.1) is 0 Å². The minimum absolute atomic E-state index is 0.111. The number of hydrogen-bond acceptors (Lipinski definition) is 6. The second-order valence-electron chi connectivity index (χ2n) is 5.47. The van der Waals surface area contributed by atoms with E-state index in [9.17, 15) is 14.7 Å². The van der Waals surface area contributed by atoms with Crippen molar-refractivity contribution >= 4 is 11.5 Å². The molecule has 1 aromatic heterocycles.